The molecule has 2 aromatic rings. The van der Waals surface area contributed by atoms with E-state index in [0.29, 0.717) is 17.1 Å². The second kappa shape index (κ2) is 5.75. The second-order valence-electron chi connectivity index (χ2n) is 4.53. The third kappa shape index (κ3) is 2.40. The SMILES string of the molecule is CCC(CC)n1c(=O)[nH]c2ncc(Cl)c(CCO)c21. The fourth-order valence-corrected chi connectivity index (χ4v) is 2.71. The Morgan fingerprint density at radius 1 is 1.47 bits per heavy atom. The standard InChI is InChI=1S/C13H18ClN3O2/c1-3-8(4-2)17-11-9(5-6-18)10(14)7-15-12(11)16-13(17)19/h7-8,18H,3-6H2,1-2H3,(H,15,16,19). The summed E-state index contributed by atoms with van der Waals surface area (Å²) in [4.78, 5) is 19.1. The van der Waals surface area contributed by atoms with Crippen LogP contribution in [0.5, 0.6) is 0 Å². The summed E-state index contributed by atoms with van der Waals surface area (Å²) in [6, 6.07) is 0.110. The first-order chi connectivity index (χ1) is 9.13. The van der Waals surface area contributed by atoms with Crippen LogP contribution in [0.2, 0.25) is 5.02 Å². The number of aromatic nitrogens is 3. The molecule has 0 atom stereocenters. The number of fused-ring (bicyclic) bond motifs is 1. The Balaban J connectivity index is 2.78. The minimum atomic E-state index is -0.169. The van der Waals surface area contributed by atoms with Crippen molar-refractivity contribution in [3.05, 3.63) is 27.3 Å². The molecule has 0 fully saturated rings. The van der Waals surface area contributed by atoms with Gasteiger partial charge in [-0.2, -0.15) is 0 Å². The third-order valence-electron chi connectivity index (χ3n) is 3.46. The van der Waals surface area contributed by atoms with Gasteiger partial charge in [0.25, 0.3) is 0 Å². The molecular weight excluding hydrogens is 266 g/mol. The van der Waals surface area contributed by atoms with Crippen LogP contribution >= 0.6 is 11.6 Å². The van der Waals surface area contributed by atoms with Crippen LogP contribution in [0.4, 0.5) is 0 Å². The van der Waals surface area contributed by atoms with Gasteiger partial charge in [-0.25, -0.2) is 9.78 Å². The van der Waals surface area contributed by atoms with Gasteiger partial charge < -0.3 is 5.11 Å². The molecule has 0 spiro atoms. The van der Waals surface area contributed by atoms with Crippen molar-refractivity contribution in [3.8, 4) is 0 Å². The van der Waals surface area contributed by atoms with Gasteiger partial charge in [0.05, 0.1) is 10.5 Å². The first-order valence-corrected chi connectivity index (χ1v) is 6.90. The van der Waals surface area contributed by atoms with E-state index in [2.05, 4.69) is 9.97 Å². The normalized spacial score (nSPS) is 11.6. The van der Waals surface area contributed by atoms with E-state index < -0.39 is 0 Å². The molecular formula is C13H18ClN3O2. The number of rotatable bonds is 5. The highest BCUT2D eigenvalue weighted by Crippen LogP contribution is 2.26. The van der Waals surface area contributed by atoms with E-state index in [1.165, 1.54) is 6.20 Å². The van der Waals surface area contributed by atoms with Crippen molar-refractivity contribution in [2.45, 2.75) is 39.2 Å². The van der Waals surface area contributed by atoms with Gasteiger partial charge in [0.15, 0.2) is 5.65 Å². The molecule has 2 aromatic heterocycles. The summed E-state index contributed by atoms with van der Waals surface area (Å²) in [5, 5.41) is 9.66. The minimum Gasteiger partial charge on any atom is -0.396 e. The average Bonchev–Trinajstić information content (AvgIpc) is 2.72. The topological polar surface area (TPSA) is 70.9 Å². The Hall–Kier alpha value is -1.33. The van der Waals surface area contributed by atoms with Crippen molar-refractivity contribution >= 4 is 22.8 Å². The van der Waals surface area contributed by atoms with Crippen LogP contribution in [0.15, 0.2) is 11.0 Å². The summed E-state index contributed by atoms with van der Waals surface area (Å²) in [7, 11) is 0. The van der Waals surface area contributed by atoms with Crippen LogP contribution in [-0.4, -0.2) is 26.2 Å². The Morgan fingerprint density at radius 2 is 2.16 bits per heavy atom. The Kier molecular flexibility index (Phi) is 4.27. The second-order valence-corrected chi connectivity index (χ2v) is 4.93. The molecule has 19 heavy (non-hydrogen) atoms. The van der Waals surface area contributed by atoms with Crippen molar-refractivity contribution in [1.82, 2.24) is 14.5 Å². The van der Waals surface area contributed by atoms with Crippen LogP contribution in [0.25, 0.3) is 11.2 Å². The average molecular weight is 284 g/mol. The maximum atomic E-state index is 12.1. The lowest BCUT2D eigenvalue weighted by molar-refractivity contribution is 0.300. The molecule has 104 valence electrons. The van der Waals surface area contributed by atoms with E-state index in [9.17, 15) is 9.90 Å². The summed E-state index contributed by atoms with van der Waals surface area (Å²) in [6.07, 6.45) is 3.64. The highest BCUT2D eigenvalue weighted by atomic mass is 35.5. The van der Waals surface area contributed by atoms with Gasteiger partial charge in [-0.1, -0.05) is 25.4 Å². The van der Waals surface area contributed by atoms with E-state index in [1.807, 2.05) is 13.8 Å². The molecule has 0 bridgehead atoms. The molecule has 0 radical (unpaired) electrons. The summed E-state index contributed by atoms with van der Waals surface area (Å²) in [5.41, 5.74) is 1.86. The van der Waals surface area contributed by atoms with Crippen LogP contribution in [0.1, 0.15) is 38.3 Å². The lowest BCUT2D eigenvalue weighted by atomic mass is 10.1. The summed E-state index contributed by atoms with van der Waals surface area (Å²) < 4.78 is 1.72. The highest BCUT2D eigenvalue weighted by molar-refractivity contribution is 6.32. The van der Waals surface area contributed by atoms with E-state index in [-0.39, 0.29) is 18.3 Å². The van der Waals surface area contributed by atoms with Crippen LogP contribution in [0, 0.1) is 0 Å². The molecule has 0 saturated heterocycles. The monoisotopic (exact) mass is 283 g/mol. The lowest BCUT2D eigenvalue weighted by Gasteiger charge is -2.16. The summed E-state index contributed by atoms with van der Waals surface area (Å²) in [6.45, 7) is 4.08. The van der Waals surface area contributed by atoms with Crippen molar-refractivity contribution in [2.75, 3.05) is 6.61 Å². The van der Waals surface area contributed by atoms with Gasteiger partial charge in [0, 0.05) is 24.4 Å². The predicted molar refractivity (Wildman–Crippen MR) is 75.8 cm³/mol. The quantitative estimate of drug-likeness (QED) is 0.884. The highest BCUT2D eigenvalue weighted by Gasteiger charge is 2.19. The number of H-pyrrole nitrogens is 1. The van der Waals surface area contributed by atoms with Gasteiger partial charge in [0.1, 0.15) is 0 Å². The molecule has 2 heterocycles. The zero-order chi connectivity index (χ0) is 14.0. The zero-order valence-corrected chi connectivity index (χ0v) is 11.9. The van der Waals surface area contributed by atoms with Crippen LogP contribution in [0.3, 0.4) is 0 Å². The molecule has 0 unspecified atom stereocenters. The van der Waals surface area contributed by atoms with Crippen molar-refractivity contribution in [3.63, 3.8) is 0 Å². The Bertz CT molecular complexity index is 629. The van der Waals surface area contributed by atoms with Gasteiger partial charge >= 0.3 is 5.69 Å². The summed E-state index contributed by atoms with van der Waals surface area (Å²) in [5.74, 6) is 0. The minimum absolute atomic E-state index is 0.0128. The molecule has 0 saturated carbocycles. The van der Waals surface area contributed by atoms with Gasteiger partial charge in [-0.15, -0.1) is 0 Å². The molecule has 0 aliphatic heterocycles. The molecule has 2 rings (SSSR count). The fraction of sp³-hybridized carbons (Fsp3) is 0.538. The first kappa shape index (κ1) is 14.1. The number of aromatic amines is 1. The van der Waals surface area contributed by atoms with E-state index in [1.54, 1.807) is 4.57 Å². The maximum Gasteiger partial charge on any atom is 0.327 e. The maximum absolute atomic E-state index is 12.1. The molecule has 0 aliphatic carbocycles. The van der Waals surface area contributed by atoms with Crippen molar-refractivity contribution in [1.29, 1.82) is 0 Å². The van der Waals surface area contributed by atoms with Crippen LogP contribution in [-0.2, 0) is 6.42 Å². The van der Waals surface area contributed by atoms with E-state index in [0.717, 1.165) is 23.9 Å². The predicted octanol–water partition coefficient (Wildman–Crippen LogP) is 2.27. The molecule has 2 N–H and O–H groups in total. The number of imidazole rings is 1. The van der Waals surface area contributed by atoms with E-state index in [4.69, 9.17) is 11.6 Å². The molecule has 5 nitrogen and oxygen atoms in total. The van der Waals surface area contributed by atoms with Crippen LogP contribution < -0.4 is 5.69 Å². The van der Waals surface area contributed by atoms with Gasteiger partial charge in [-0.05, 0) is 19.3 Å². The summed E-state index contributed by atoms with van der Waals surface area (Å²) >= 11 is 6.15. The third-order valence-corrected chi connectivity index (χ3v) is 3.79. The molecule has 0 aromatic carbocycles. The first-order valence-electron chi connectivity index (χ1n) is 6.52. The molecule has 6 heteroatoms. The number of aliphatic hydroxyl groups excluding tert-OH is 1. The zero-order valence-electron chi connectivity index (χ0n) is 11.1. The molecule has 0 aliphatic rings. The van der Waals surface area contributed by atoms with Gasteiger partial charge in [0.2, 0.25) is 0 Å². The van der Waals surface area contributed by atoms with Crippen molar-refractivity contribution < 1.29 is 5.11 Å². The number of nitrogens with one attached hydrogen (secondary N) is 1. The molecule has 0 amide bonds. The number of nitrogens with zero attached hydrogens (tertiary/aromatic N) is 2. The Morgan fingerprint density at radius 3 is 2.74 bits per heavy atom. The number of hydrogen-bond donors (Lipinski definition) is 2. The number of pyridine rings is 1. The van der Waals surface area contributed by atoms with Gasteiger partial charge in [-0.3, -0.25) is 9.55 Å². The van der Waals surface area contributed by atoms with Crippen molar-refractivity contribution in [2.24, 2.45) is 0 Å². The largest absolute Gasteiger partial charge is 0.396 e. The van der Waals surface area contributed by atoms with E-state index >= 15 is 0 Å². The number of aliphatic hydroxyl groups is 1. The Labute approximate surface area is 116 Å². The lowest BCUT2D eigenvalue weighted by Crippen LogP contribution is -2.22. The smallest absolute Gasteiger partial charge is 0.327 e. The fourth-order valence-electron chi connectivity index (χ4n) is 2.48. The number of hydrogen-bond acceptors (Lipinski definition) is 3. The number of halogens is 1.